The average molecular weight is 405 g/mol. The normalized spacial score (nSPS) is 13.2. The molecule has 2 unspecified atom stereocenters. The van der Waals surface area contributed by atoms with E-state index < -0.39 is 12.0 Å². The van der Waals surface area contributed by atoms with Crippen molar-refractivity contribution in [3.8, 4) is 0 Å². The lowest BCUT2D eigenvalue weighted by molar-refractivity contribution is 0.0793. The molecule has 1 aromatic carbocycles. The molecule has 26 heavy (non-hydrogen) atoms. The van der Waals surface area contributed by atoms with Crippen LogP contribution >= 0.6 is 34.5 Å². The van der Waals surface area contributed by atoms with Crippen molar-refractivity contribution in [1.29, 1.82) is 5.41 Å². The van der Waals surface area contributed by atoms with Gasteiger partial charge < -0.3 is 10.5 Å². The second kappa shape index (κ2) is 8.10. The maximum atomic E-state index is 13.1. The summed E-state index contributed by atoms with van der Waals surface area (Å²) in [6.45, 7) is 0. The van der Waals surface area contributed by atoms with Crippen LogP contribution < -0.4 is 0 Å². The van der Waals surface area contributed by atoms with Crippen LogP contribution in [0.5, 0.6) is 0 Å². The summed E-state index contributed by atoms with van der Waals surface area (Å²) in [5, 5.41) is 19.9. The third-order valence-corrected chi connectivity index (χ3v) is 5.42. The Kier molecular flexibility index (Phi) is 5.84. The molecule has 3 aromatic rings. The third-order valence-electron chi connectivity index (χ3n) is 3.90. The molecule has 2 atom stereocenters. The molecule has 2 heterocycles. The fourth-order valence-corrected chi connectivity index (χ4v) is 3.74. The summed E-state index contributed by atoms with van der Waals surface area (Å²) in [6, 6.07) is 13.1. The van der Waals surface area contributed by atoms with Gasteiger partial charge in [0.25, 0.3) is 0 Å². The Bertz CT molecular complexity index is 926. The van der Waals surface area contributed by atoms with Crippen LogP contribution in [0.15, 0.2) is 60.9 Å². The van der Waals surface area contributed by atoms with Gasteiger partial charge in [0.15, 0.2) is 5.78 Å². The molecule has 0 saturated heterocycles. The number of pyridine rings is 1. The number of rotatable bonds is 6. The predicted octanol–water partition coefficient (Wildman–Crippen LogP) is 5.05. The summed E-state index contributed by atoms with van der Waals surface area (Å²) in [4.78, 5) is 17.6. The fourth-order valence-electron chi connectivity index (χ4n) is 2.58. The van der Waals surface area contributed by atoms with Gasteiger partial charge in [0.1, 0.15) is 0 Å². The van der Waals surface area contributed by atoms with E-state index in [1.54, 1.807) is 54.7 Å². The number of aliphatic hydroxyl groups excluding tert-OH is 1. The van der Waals surface area contributed by atoms with Crippen LogP contribution in [-0.2, 0) is 0 Å². The molecule has 0 saturated carbocycles. The highest BCUT2D eigenvalue weighted by molar-refractivity contribution is 7.18. The minimum Gasteiger partial charge on any atom is -0.387 e. The van der Waals surface area contributed by atoms with E-state index in [-0.39, 0.29) is 11.5 Å². The fraction of sp³-hybridized carbons (Fsp3) is 0.105. The number of nitrogens with one attached hydrogen (secondary N) is 1. The number of thiophene rings is 1. The van der Waals surface area contributed by atoms with Crippen molar-refractivity contribution in [1.82, 2.24) is 4.98 Å². The summed E-state index contributed by atoms with van der Waals surface area (Å²) in [6.07, 6.45) is 1.86. The number of hydrogen-bond acceptors (Lipinski definition) is 5. The molecule has 2 aromatic heterocycles. The molecule has 0 aliphatic rings. The highest BCUT2D eigenvalue weighted by atomic mass is 35.5. The van der Waals surface area contributed by atoms with E-state index in [9.17, 15) is 9.90 Å². The second-order valence-electron chi connectivity index (χ2n) is 5.60. The number of nitrogens with zero attached hydrogens (tertiary/aromatic N) is 1. The molecule has 132 valence electrons. The number of aromatic nitrogens is 1. The molecule has 2 N–H and O–H groups in total. The first-order chi connectivity index (χ1) is 12.5. The highest BCUT2D eigenvalue weighted by Crippen LogP contribution is 2.32. The summed E-state index contributed by atoms with van der Waals surface area (Å²) in [5.41, 5.74) is 0.847. The molecule has 0 aliphatic carbocycles. The van der Waals surface area contributed by atoms with Gasteiger partial charge in [-0.15, -0.1) is 11.3 Å². The SMILES string of the molecule is N=C(c1ccc(Cl)s1)C(C(=O)c1ccc(Cl)cc1)C(O)c1cccnc1. The van der Waals surface area contributed by atoms with Crippen LogP contribution in [-0.4, -0.2) is 21.6 Å². The minimum absolute atomic E-state index is 0.0122. The lowest BCUT2D eigenvalue weighted by Crippen LogP contribution is -2.30. The lowest BCUT2D eigenvalue weighted by Gasteiger charge is -2.22. The zero-order valence-corrected chi connectivity index (χ0v) is 15.7. The maximum absolute atomic E-state index is 13.1. The maximum Gasteiger partial charge on any atom is 0.174 e. The Morgan fingerprint density at radius 1 is 1.12 bits per heavy atom. The van der Waals surface area contributed by atoms with E-state index in [1.165, 1.54) is 17.5 Å². The predicted molar refractivity (Wildman–Crippen MR) is 105 cm³/mol. The summed E-state index contributed by atoms with van der Waals surface area (Å²) in [5.74, 6) is -1.46. The van der Waals surface area contributed by atoms with E-state index in [1.807, 2.05) is 0 Å². The molecule has 0 amide bonds. The highest BCUT2D eigenvalue weighted by Gasteiger charge is 2.34. The van der Waals surface area contributed by atoms with Gasteiger partial charge in [0.05, 0.1) is 26.9 Å². The molecule has 0 fully saturated rings. The number of Topliss-reactive ketones (excluding diaryl/α,β-unsaturated/α-hetero) is 1. The van der Waals surface area contributed by atoms with Crippen LogP contribution in [0.25, 0.3) is 0 Å². The van der Waals surface area contributed by atoms with Crippen molar-refractivity contribution in [2.75, 3.05) is 0 Å². The van der Waals surface area contributed by atoms with E-state index in [0.29, 0.717) is 25.4 Å². The quantitative estimate of drug-likeness (QED) is 0.445. The van der Waals surface area contributed by atoms with Crippen molar-refractivity contribution in [2.24, 2.45) is 5.92 Å². The zero-order chi connectivity index (χ0) is 18.7. The van der Waals surface area contributed by atoms with E-state index >= 15 is 0 Å². The Hall–Kier alpha value is -2.05. The first-order valence-electron chi connectivity index (χ1n) is 7.69. The van der Waals surface area contributed by atoms with Gasteiger partial charge in [-0.3, -0.25) is 9.78 Å². The molecule has 0 spiro atoms. The van der Waals surface area contributed by atoms with Crippen LogP contribution in [0, 0.1) is 11.3 Å². The Morgan fingerprint density at radius 3 is 2.42 bits per heavy atom. The molecule has 0 aliphatic heterocycles. The van der Waals surface area contributed by atoms with Gasteiger partial charge in [0, 0.05) is 23.0 Å². The van der Waals surface area contributed by atoms with Gasteiger partial charge in [-0.2, -0.15) is 0 Å². The van der Waals surface area contributed by atoms with Gasteiger partial charge in [0.2, 0.25) is 0 Å². The number of halogens is 2. The van der Waals surface area contributed by atoms with Gasteiger partial charge in [-0.25, -0.2) is 0 Å². The van der Waals surface area contributed by atoms with Gasteiger partial charge in [-0.1, -0.05) is 29.3 Å². The third kappa shape index (κ3) is 4.02. The summed E-state index contributed by atoms with van der Waals surface area (Å²) in [7, 11) is 0. The minimum atomic E-state index is -1.21. The largest absolute Gasteiger partial charge is 0.387 e. The number of carbonyl (C=O) groups excluding carboxylic acids is 1. The van der Waals surface area contributed by atoms with Crippen molar-refractivity contribution in [3.63, 3.8) is 0 Å². The van der Waals surface area contributed by atoms with Crippen molar-refractivity contribution in [2.45, 2.75) is 6.10 Å². The second-order valence-corrected chi connectivity index (χ2v) is 7.75. The summed E-state index contributed by atoms with van der Waals surface area (Å²) < 4.78 is 0.512. The number of ketones is 1. The van der Waals surface area contributed by atoms with Crippen LogP contribution in [0.1, 0.15) is 26.9 Å². The number of benzene rings is 1. The Balaban J connectivity index is 2.02. The summed E-state index contributed by atoms with van der Waals surface area (Å²) >= 11 is 13.1. The Labute approximate surface area is 164 Å². The zero-order valence-electron chi connectivity index (χ0n) is 13.4. The molecule has 0 bridgehead atoms. The Morgan fingerprint density at radius 2 is 1.85 bits per heavy atom. The van der Waals surface area contributed by atoms with Crippen LogP contribution in [0.2, 0.25) is 9.36 Å². The van der Waals surface area contributed by atoms with E-state index in [0.717, 1.165) is 0 Å². The number of carbonyl (C=O) groups is 1. The molecule has 4 nitrogen and oxygen atoms in total. The van der Waals surface area contributed by atoms with Crippen LogP contribution in [0.4, 0.5) is 0 Å². The number of aliphatic hydroxyl groups is 1. The van der Waals surface area contributed by atoms with Crippen molar-refractivity contribution in [3.05, 3.63) is 86.3 Å². The molecular formula is C19H14Cl2N2O2S. The smallest absolute Gasteiger partial charge is 0.174 e. The van der Waals surface area contributed by atoms with Crippen molar-refractivity contribution >= 4 is 46.0 Å². The average Bonchev–Trinajstić information content (AvgIpc) is 3.09. The molecule has 3 rings (SSSR count). The molecule has 7 heteroatoms. The molecular weight excluding hydrogens is 391 g/mol. The topological polar surface area (TPSA) is 74.0 Å². The van der Waals surface area contributed by atoms with Crippen molar-refractivity contribution < 1.29 is 9.90 Å². The monoisotopic (exact) mass is 404 g/mol. The first-order valence-corrected chi connectivity index (χ1v) is 9.26. The molecule has 0 radical (unpaired) electrons. The number of hydrogen-bond donors (Lipinski definition) is 2. The van der Waals surface area contributed by atoms with Crippen LogP contribution in [0.3, 0.4) is 0 Å². The standard InChI is InChI=1S/C19H14Cl2N2O2S/c20-13-5-3-11(4-6-13)18(24)16(17(22)14-7-8-15(21)26-14)19(25)12-2-1-9-23-10-12/h1-10,16,19,22,25H. The first kappa shape index (κ1) is 18.7. The van der Waals surface area contributed by atoms with Gasteiger partial charge >= 0.3 is 0 Å². The lowest BCUT2D eigenvalue weighted by atomic mass is 9.85. The van der Waals surface area contributed by atoms with E-state index in [2.05, 4.69) is 4.98 Å². The van der Waals surface area contributed by atoms with E-state index in [4.69, 9.17) is 28.6 Å². The van der Waals surface area contributed by atoms with Gasteiger partial charge in [-0.05, 0) is 48.0 Å².